The number of morpholine rings is 1. The fourth-order valence-corrected chi connectivity index (χ4v) is 7.36. The van der Waals surface area contributed by atoms with Crippen molar-refractivity contribution < 1.29 is 26.7 Å². The molecule has 2 N–H and O–H groups in total. The summed E-state index contributed by atoms with van der Waals surface area (Å²) in [6, 6.07) is 15.4. The average molecular weight is 668 g/mol. The van der Waals surface area contributed by atoms with Crippen molar-refractivity contribution in [2.75, 3.05) is 48.8 Å². The van der Waals surface area contributed by atoms with Gasteiger partial charge in [0.1, 0.15) is 11.6 Å². The lowest BCUT2D eigenvalue weighted by molar-refractivity contribution is -0.120. The van der Waals surface area contributed by atoms with Gasteiger partial charge in [0.05, 0.1) is 34.9 Å². The second-order valence-corrected chi connectivity index (χ2v) is 14.3. The summed E-state index contributed by atoms with van der Waals surface area (Å²) in [5.74, 6) is 0.656. The van der Waals surface area contributed by atoms with Gasteiger partial charge in [-0.3, -0.25) is 9.36 Å². The molecule has 0 atom stereocenters. The molecule has 47 heavy (non-hydrogen) atoms. The molecule has 2 fully saturated rings. The van der Waals surface area contributed by atoms with Gasteiger partial charge in [0.2, 0.25) is 11.9 Å². The summed E-state index contributed by atoms with van der Waals surface area (Å²) in [6.07, 6.45) is 0.410. The second-order valence-electron chi connectivity index (χ2n) is 12.2. The molecule has 1 saturated heterocycles. The number of rotatable bonds is 11. The largest absolute Gasteiger partial charge is 0.378 e. The molecule has 0 spiro atoms. The Morgan fingerprint density at radius 1 is 0.979 bits per heavy atom. The summed E-state index contributed by atoms with van der Waals surface area (Å²) in [7, 11) is -3.53. The van der Waals surface area contributed by atoms with E-state index in [-0.39, 0.29) is 40.8 Å². The fourth-order valence-electron chi connectivity index (χ4n) is 6.12. The van der Waals surface area contributed by atoms with E-state index in [1.54, 1.807) is 54.6 Å². The minimum absolute atomic E-state index is 0.0588. The predicted octanol–water partition coefficient (Wildman–Crippen LogP) is 4.85. The predicted molar refractivity (Wildman–Crippen MR) is 175 cm³/mol. The highest BCUT2D eigenvalue weighted by Crippen LogP contribution is 2.31. The lowest BCUT2D eigenvalue weighted by Gasteiger charge is -2.31. The monoisotopic (exact) mass is 667 g/mol. The first-order valence-electron chi connectivity index (χ1n) is 16.0. The van der Waals surface area contributed by atoms with Crippen LogP contribution in [0.15, 0.2) is 59.5 Å². The van der Waals surface area contributed by atoms with Gasteiger partial charge in [0.15, 0.2) is 15.7 Å². The zero-order chi connectivity index (χ0) is 33.0. The van der Waals surface area contributed by atoms with Gasteiger partial charge in [-0.1, -0.05) is 29.8 Å². The topological polar surface area (TPSA) is 131 Å². The number of anilines is 2. The van der Waals surface area contributed by atoms with Crippen LogP contribution in [0.3, 0.4) is 0 Å². The molecule has 1 aliphatic carbocycles. The maximum absolute atomic E-state index is 14.2. The highest BCUT2D eigenvalue weighted by molar-refractivity contribution is 7.91. The molecule has 2 aromatic heterocycles. The molecule has 1 aliphatic heterocycles. The van der Waals surface area contributed by atoms with E-state index in [4.69, 9.17) is 14.7 Å². The molecule has 6 rings (SSSR count). The number of nitrogens with one attached hydrogen (secondary N) is 2. The van der Waals surface area contributed by atoms with E-state index in [0.29, 0.717) is 61.5 Å². The highest BCUT2D eigenvalue weighted by atomic mass is 32.2. The van der Waals surface area contributed by atoms with Crippen molar-refractivity contribution in [1.82, 2.24) is 24.8 Å². The van der Waals surface area contributed by atoms with Crippen LogP contribution in [0, 0.1) is 12.8 Å². The first kappa shape index (κ1) is 32.8. The van der Waals surface area contributed by atoms with Gasteiger partial charge in [-0.25, -0.2) is 22.2 Å². The third-order valence-corrected chi connectivity index (χ3v) is 10.5. The lowest BCUT2D eigenvalue weighted by atomic mass is 9.86. The van der Waals surface area contributed by atoms with Crippen molar-refractivity contribution in [1.29, 1.82) is 0 Å². The number of aromatic nitrogens is 4. The standard InChI is InChI=1S/C33H39F2N7O4S/c1-22-6-12-25(13-7-22)47(44,45)19-14-30(43)36-21-23-8-10-24(11-9-23)37-33-39-28(41-15-17-46-18-16-41)20-29(40-33)42-27-5-3-2-4-26(27)38-32(42)31(34)35/h2-7,12-13,20,23-24,31H,8-11,14-19,21H2,1H3,(H,36,43)(H,37,39,40). The number of alkyl halides is 2. The van der Waals surface area contributed by atoms with Crippen molar-refractivity contribution in [3.05, 3.63) is 66.0 Å². The molecule has 0 bridgehead atoms. The Balaban J connectivity index is 1.09. The number of fused-ring (bicyclic) bond motifs is 1. The molecule has 0 radical (unpaired) electrons. The van der Waals surface area contributed by atoms with Crippen LogP contribution in [0.1, 0.15) is 49.9 Å². The first-order valence-corrected chi connectivity index (χ1v) is 17.6. The molecular formula is C33H39F2N7O4S. The van der Waals surface area contributed by atoms with Gasteiger partial charge in [0.25, 0.3) is 6.43 Å². The Labute approximate surface area is 272 Å². The van der Waals surface area contributed by atoms with E-state index in [1.807, 2.05) is 6.92 Å². The number of aryl methyl sites for hydroxylation is 1. The van der Waals surface area contributed by atoms with Crippen molar-refractivity contribution in [3.63, 3.8) is 0 Å². The zero-order valence-electron chi connectivity index (χ0n) is 26.2. The van der Waals surface area contributed by atoms with Gasteiger partial charge >= 0.3 is 0 Å². The Morgan fingerprint density at radius 2 is 1.68 bits per heavy atom. The number of carbonyl (C=O) groups is 1. The molecule has 250 valence electrons. The number of hydrogen-bond donors (Lipinski definition) is 2. The third-order valence-electron chi connectivity index (χ3n) is 8.79. The number of nitrogens with zero attached hydrogens (tertiary/aromatic N) is 5. The third kappa shape index (κ3) is 7.87. The Bertz CT molecular complexity index is 1800. The number of para-hydroxylation sites is 2. The Hall–Kier alpha value is -4.17. The molecule has 1 amide bonds. The number of amides is 1. The molecule has 14 heteroatoms. The van der Waals surface area contributed by atoms with Crippen LogP contribution in [0.5, 0.6) is 0 Å². The van der Waals surface area contributed by atoms with Crippen LogP contribution in [0.2, 0.25) is 0 Å². The Morgan fingerprint density at radius 3 is 2.40 bits per heavy atom. The average Bonchev–Trinajstić information content (AvgIpc) is 3.48. The minimum atomic E-state index is -3.53. The van der Waals surface area contributed by atoms with E-state index in [1.165, 1.54) is 4.57 Å². The maximum atomic E-state index is 14.2. The maximum Gasteiger partial charge on any atom is 0.296 e. The van der Waals surface area contributed by atoms with Crippen LogP contribution in [0.25, 0.3) is 16.9 Å². The molecule has 2 aliphatic rings. The molecule has 4 aromatic rings. The second kappa shape index (κ2) is 14.3. The minimum Gasteiger partial charge on any atom is -0.378 e. The van der Waals surface area contributed by atoms with Gasteiger partial charge in [0, 0.05) is 38.2 Å². The number of hydrogen-bond acceptors (Lipinski definition) is 9. The molecule has 1 saturated carbocycles. The normalized spacial score (nSPS) is 18.9. The van der Waals surface area contributed by atoms with Crippen LogP contribution in [-0.2, 0) is 19.4 Å². The zero-order valence-corrected chi connectivity index (χ0v) is 27.1. The summed E-state index contributed by atoms with van der Waals surface area (Å²) in [4.78, 5) is 28.5. The highest BCUT2D eigenvalue weighted by Gasteiger charge is 2.26. The molecule has 3 heterocycles. The lowest BCUT2D eigenvalue weighted by Crippen LogP contribution is -2.37. The van der Waals surface area contributed by atoms with E-state index < -0.39 is 16.3 Å². The van der Waals surface area contributed by atoms with Gasteiger partial charge < -0.3 is 20.3 Å². The SMILES string of the molecule is Cc1ccc(S(=O)(=O)CCC(=O)NCC2CCC(Nc3nc(N4CCOCC4)cc(-n4c(C(F)F)nc5ccccc54)n3)CC2)cc1. The Kier molecular flexibility index (Phi) is 9.97. The van der Waals surface area contributed by atoms with Crippen molar-refractivity contribution in [2.45, 2.75) is 56.4 Å². The van der Waals surface area contributed by atoms with E-state index in [2.05, 4.69) is 20.5 Å². The van der Waals surface area contributed by atoms with E-state index in [0.717, 1.165) is 31.2 Å². The summed E-state index contributed by atoms with van der Waals surface area (Å²) in [6.45, 7) is 4.70. The summed E-state index contributed by atoms with van der Waals surface area (Å²) in [5.41, 5.74) is 1.97. The fraction of sp³-hybridized carbons (Fsp3) is 0.455. The van der Waals surface area contributed by atoms with Crippen LogP contribution in [-0.4, -0.2) is 78.5 Å². The quantitative estimate of drug-likeness (QED) is 0.231. The van der Waals surface area contributed by atoms with E-state index >= 15 is 0 Å². The number of benzene rings is 2. The summed E-state index contributed by atoms with van der Waals surface area (Å²) in [5, 5.41) is 6.36. The number of sulfone groups is 1. The smallest absolute Gasteiger partial charge is 0.296 e. The number of carbonyl (C=O) groups excluding carboxylic acids is 1. The van der Waals surface area contributed by atoms with Crippen LogP contribution < -0.4 is 15.5 Å². The van der Waals surface area contributed by atoms with Crippen LogP contribution >= 0.6 is 0 Å². The van der Waals surface area contributed by atoms with Gasteiger partial charge in [-0.2, -0.15) is 9.97 Å². The van der Waals surface area contributed by atoms with Gasteiger partial charge in [-0.15, -0.1) is 0 Å². The van der Waals surface area contributed by atoms with E-state index in [9.17, 15) is 22.0 Å². The first-order chi connectivity index (χ1) is 22.7. The molecular weight excluding hydrogens is 628 g/mol. The molecule has 11 nitrogen and oxygen atoms in total. The van der Waals surface area contributed by atoms with Gasteiger partial charge in [-0.05, 0) is 62.8 Å². The van der Waals surface area contributed by atoms with Crippen molar-refractivity contribution in [3.8, 4) is 5.82 Å². The number of imidazole rings is 1. The van der Waals surface area contributed by atoms with Crippen molar-refractivity contribution >= 4 is 38.5 Å². The summed E-state index contributed by atoms with van der Waals surface area (Å²) < 4.78 is 60.5. The number of halogens is 2. The summed E-state index contributed by atoms with van der Waals surface area (Å²) >= 11 is 0. The van der Waals surface area contributed by atoms with Crippen LogP contribution in [0.4, 0.5) is 20.5 Å². The number of ether oxygens (including phenoxy) is 1. The molecule has 0 unspecified atom stereocenters. The van der Waals surface area contributed by atoms with Crippen molar-refractivity contribution in [2.24, 2.45) is 5.92 Å². The molecule has 2 aromatic carbocycles.